The van der Waals surface area contributed by atoms with Crippen LogP contribution >= 0.6 is 0 Å². The molecule has 0 N–H and O–H groups in total. The van der Waals surface area contributed by atoms with Crippen LogP contribution in [-0.4, -0.2) is 14.3 Å². The van der Waals surface area contributed by atoms with Gasteiger partial charge < -0.3 is 0 Å². The molecule has 0 saturated carbocycles. The van der Waals surface area contributed by atoms with Gasteiger partial charge in [-0.25, -0.2) is 0 Å². The molecule has 0 aliphatic heterocycles. The average molecular weight is 347 g/mol. The first-order valence-electron chi connectivity index (χ1n) is 7.83. The summed E-state index contributed by atoms with van der Waals surface area (Å²) in [7, 11) is 0. The Hall–Kier alpha value is -1.80. The van der Waals surface area contributed by atoms with Crippen molar-refractivity contribution < 1.29 is 0 Å². The molecule has 0 heterocycles. The molecule has 0 fully saturated rings. The third-order valence-electron chi connectivity index (χ3n) is 4.23. The Balaban J connectivity index is 2.10. The summed E-state index contributed by atoms with van der Waals surface area (Å²) in [5, 5.41) is 0. The van der Waals surface area contributed by atoms with Crippen LogP contribution in [0.5, 0.6) is 0 Å². The molecular formula is C21H22Ge. The van der Waals surface area contributed by atoms with Crippen molar-refractivity contribution in [2.24, 2.45) is 0 Å². The molecule has 3 aromatic rings. The first kappa shape index (κ1) is 15.1. The van der Waals surface area contributed by atoms with Gasteiger partial charge in [-0.3, -0.25) is 0 Å². The fourth-order valence-electron chi connectivity index (χ4n) is 2.85. The zero-order chi connectivity index (χ0) is 15.5. The van der Waals surface area contributed by atoms with Crippen molar-refractivity contribution in [2.45, 2.75) is 20.8 Å². The van der Waals surface area contributed by atoms with Gasteiger partial charge >= 0.3 is 138 Å². The molecule has 0 aromatic heterocycles. The summed E-state index contributed by atoms with van der Waals surface area (Å²) in [5.74, 6) is 0. The molecule has 22 heavy (non-hydrogen) atoms. The van der Waals surface area contributed by atoms with Gasteiger partial charge in [0.1, 0.15) is 0 Å². The van der Waals surface area contributed by atoms with Gasteiger partial charge in [-0.2, -0.15) is 0 Å². The van der Waals surface area contributed by atoms with E-state index in [1.54, 1.807) is 0 Å². The van der Waals surface area contributed by atoms with Crippen molar-refractivity contribution in [1.29, 1.82) is 0 Å². The van der Waals surface area contributed by atoms with Crippen LogP contribution in [-0.2, 0) is 0 Å². The van der Waals surface area contributed by atoms with E-state index in [0.717, 1.165) is 0 Å². The third-order valence-corrected chi connectivity index (χ3v) is 10.9. The SMILES string of the molecule is Cc1cc[c]([GeH]([c]2ccc(C)cc2)[c]2ccc(C)cc2)cc1. The van der Waals surface area contributed by atoms with Crippen molar-refractivity contribution in [3.8, 4) is 0 Å². The van der Waals surface area contributed by atoms with Crippen molar-refractivity contribution in [1.82, 2.24) is 0 Å². The second-order valence-corrected chi connectivity index (χ2v) is 12.2. The van der Waals surface area contributed by atoms with Crippen molar-refractivity contribution in [3.05, 3.63) is 89.5 Å². The van der Waals surface area contributed by atoms with E-state index in [-0.39, 0.29) is 0 Å². The van der Waals surface area contributed by atoms with Gasteiger partial charge in [0.2, 0.25) is 0 Å². The van der Waals surface area contributed by atoms with E-state index in [1.165, 1.54) is 29.9 Å². The standard InChI is InChI=1S/C21H22Ge/c1-16-4-10-19(11-5-16)22(20-12-6-17(2)7-13-20)21-14-8-18(3)9-15-21/h4-15,22H,1-3H3. The summed E-state index contributed by atoms with van der Waals surface area (Å²) in [6, 6.07) is 27.5. The van der Waals surface area contributed by atoms with Crippen LogP contribution in [0.2, 0.25) is 0 Å². The van der Waals surface area contributed by atoms with E-state index >= 15 is 0 Å². The molecule has 0 bridgehead atoms. The molecule has 3 aromatic carbocycles. The van der Waals surface area contributed by atoms with Crippen LogP contribution in [0.3, 0.4) is 0 Å². The number of hydrogen-bond acceptors (Lipinski definition) is 0. The number of benzene rings is 3. The third kappa shape index (κ3) is 3.33. The van der Waals surface area contributed by atoms with Crippen LogP contribution < -0.4 is 13.2 Å². The minimum absolute atomic E-state index is 1.33. The van der Waals surface area contributed by atoms with Gasteiger partial charge in [-0.1, -0.05) is 0 Å². The molecule has 0 radical (unpaired) electrons. The molecule has 0 nitrogen and oxygen atoms in total. The first-order chi connectivity index (χ1) is 10.6. The Labute approximate surface area is 137 Å². The topological polar surface area (TPSA) is 0 Å². The molecule has 0 aliphatic rings. The predicted octanol–water partition coefficient (Wildman–Crippen LogP) is 2.86. The van der Waals surface area contributed by atoms with Crippen molar-refractivity contribution in [2.75, 3.05) is 0 Å². The number of aryl methyl sites for hydroxylation is 3. The van der Waals surface area contributed by atoms with E-state index in [2.05, 4.69) is 93.6 Å². The average Bonchev–Trinajstić information content (AvgIpc) is 2.53. The summed E-state index contributed by atoms with van der Waals surface area (Å²) in [5.41, 5.74) is 3.99. The molecular weight excluding hydrogens is 325 g/mol. The Morgan fingerprint density at radius 1 is 0.409 bits per heavy atom. The molecule has 0 unspecified atom stereocenters. The van der Waals surface area contributed by atoms with Crippen LogP contribution in [0, 0.1) is 20.8 Å². The van der Waals surface area contributed by atoms with E-state index in [9.17, 15) is 0 Å². The van der Waals surface area contributed by atoms with Crippen LogP contribution in [0.4, 0.5) is 0 Å². The van der Waals surface area contributed by atoms with Crippen molar-refractivity contribution >= 4 is 27.5 Å². The molecule has 0 aliphatic carbocycles. The van der Waals surface area contributed by atoms with E-state index < -0.39 is 14.3 Å². The van der Waals surface area contributed by atoms with Gasteiger partial charge in [-0.15, -0.1) is 0 Å². The van der Waals surface area contributed by atoms with Crippen LogP contribution in [0.25, 0.3) is 0 Å². The fraction of sp³-hybridized carbons (Fsp3) is 0.143. The van der Waals surface area contributed by atoms with E-state index in [0.29, 0.717) is 0 Å². The summed E-state index contributed by atoms with van der Waals surface area (Å²) in [6.07, 6.45) is 0. The van der Waals surface area contributed by atoms with Crippen LogP contribution in [0.15, 0.2) is 72.8 Å². The molecule has 110 valence electrons. The van der Waals surface area contributed by atoms with Crippen LogP contribution in [0.1, 0.15) is 16.7 Å². The summed E-state index contributed by atoms with van der Waals surface area (Å²) in [4.78, 5) is 0. The second-order valence-electron chi connectivity index (χ2n) is 6.17. The number of hydrogen-bond donors (Lipinski definition) is 0. The fourth-order valence-corrected chi connectivity index (χ4v) is 8.91. The molecule has 3 rings (SSSR count). The Morgan fingerprint density at radius 2 is 0.636 bits per heavy atom. The zero-order valence-corrected chi connectivity index (χ0v) is 15.9. The molecule has 0 atom stereocenters. The monoisotopic (exact) mass is 348 g/mol. The Bertz CT molecular complexity index is 629. The molecule has 1 heteroatoms. The predicted molar refractivity (Wildman–Crippen MR) is 99.6 cm³/mol. The second kappa shape index (κ2) is 6.54. The maximum absolute atomic E-state index is 2.33. The summed E-state index contributed by atoms with van der Waals surface area (Å²) in [6.45, 7) is 6.47. The van der Waals surface area contributed by atoms with Gasteiger partial charge in [0.05, 0.1) is 0 Å². The number of rotatable bonds is 3. The summed E-state index contributed by atoms with van der Waals surface area (Å²) >= 11 is -1.95. The Morgan fingerprint density at radius 3 is 0.864 bits per heavy atom. The van der Waals surface area contributed by atoms with Gasteiger partial charge in [-0.05, 0) is 0 Å². The van der Waals surface area contributed by atoms with E-state index in [4.69, 9.17) is 0 Å². The van der Waals surface area contributed by atoms with Gasteiger partial charge in [0.15, 0.2) is 0 Å². The Kier molecular flexibility index (Phi) is 4.49. The minimum atomic E-state index is -1.95. The quantitative estimate of drug-likeness (QED) is 0.640. The first-order valence-corrected chi connectivity index (χ1v) is 11.5. The molecule has 0 spiro atoms. The molecule has 0 amide bonds. The van der Waals surface area contributed by atoms with Crippen molar-refractivity contribution in [3.63, 3.8) is 0 Å². The summed E-state index contributed by atoms with van der Waals surface area (Å²) < 4.78 is 4.60. The molecule has 0 saturated heterocycles. The van der Waals surface area contributed by atoms with E-state index in [1.807, 2.05) is 0 Å². The zero-order valence-electron chi connectivity index (χ0n) is 13.5. The normalized spacial score (nSPS) is 10.9. The maximum atomic E-state index is 2.33. The van der Waals surface area contributed by atoms with Gasteiger partial charge in [0, 0.05) is 0 Å². The van der Waals surface area contributed by atoms with Gasteiger partial charge in [0.25, 0.3) is 0 Å².